The number of nitrogens with one attached hydrogen (secondary N) is 2. The summed E-state index contributed by atoms with van der Waals surface area (Å²) in [4.78, 5) is 20.3. The molecule has 19 heavy (non-hydrogen) atoms. The van der Waals surface area contributed by atoms with Gasteiger partial charge in [-0.15, -0.1) is 0 Å². The first-order valence-electron chi connectivity index (χ1n) is 5.85. The highest BCUT2D eigenvalue weighted by molar-refractivity contribution is 9.10. The second-order valence-electron chi connectivity index (χ2n) is 5.22. The zero-order valence-corrected chi connectivity index (χ0v) is 12.6. The van der Waals surface area contributed by atoms with Crippen LogP contribution in [0, 0.1) is 0 Å². The van der Waals surface area contributed by atoms with Gasteiger partial charge in [0.15, 0.2) is 0 Å². The molecule has 2 N–H and O–H groups in total. The second-order valence-corrected chi connectivity index (χ2v) is 6.13. The van der Waals surface area contributed by atoms with Gasteiger partial charge in [0.25, 0.3) is 0 Å². The number of halogens is 1. The van der Waals surface area contributed by atoms with E-state index in [4.69, 9.17) is 0 Å². The molecule has 5 nitrogen and oxygen atoms in total. The average molecular weight is 323 g/mol. The van der Waals surface area contributed by atoms with Crippen molar-refractivity contribution in [2.24, 2.45) is 0 Å². The van der Waals surface area contributed by atoms with Crippen LogP contribution in [0.15, 0.2) is 28.9 Å². The Morgan fingerprint density at radius 3 is 2.68 bits per heavy atom. The molecular formula is C13H15BrN4O. The van der Waals surface area contributed by atoms with Crippen LogP contribution in [0.25, 0.3) is 11.0 Å². The van der Waals surface area contributed by atoms with E-state index >= 15 is 0 Å². The van der Waals surface area contributed by atoms with Crippen LogP contribution in [0.2, 0.25) is 0 Å². The molecule has 2 rings (SSSR count). The van der Waals surface area contributed by atoms with Crippen LogP contribution >= 0.6 is 15.9 Å². The molecule has 0 aliphatic rings. The van der Waals surface area contributed by atoms with Crippen molar-refractivity contribution in [3.05, 3.63) is 28.9 Å². The SMILES string of the molecule is CC(C)(C)NC(=O)Nc1ccc2ncc(Br)cc2n1. The van der Waals surface area contributed by atoms with Crippen LogP contribution in [0.4, 0.5) is 10.6 Å². The van der Waals surface area contributed by atoms with Gasteiger partial charge in [0.1, 0.15) is 5.82 Å². The number of anilines is 1. The minimum absolute atomic E-state index is 0.276. The predicted octanol–water partition coefficient (Wildman–Crippen LogP) is 3.31. The van der Waals surface area contributed by atoms with Gasteiger partial charge in [0, 0.05) is 16.2 Å². The van der Waals surface area contributed by atoms with Crippen molar-refractivity contribution in [3.63, 3.8) is 0 Å². The predicted molar refractivity (Wildman–Crippen MR) is 79.1 cm³/mol. The van der Waals surface area contributed by atoms with E-state index in [1.165, 1.54) is 0 Å². The third-order valence-corrected chi connectivity index (χ3v) is 2.67. The summed E-state index contributed by atoms with van der Waals surface area (Å²) in [5.41, 5.74) is 1.22. The van der Waals surface area contributed by atoms with Gasteiger partial charge in [-0.25, -0.2) is 9.78 Å². The molecule has 6 heteroatoms. The summed E-state index contributed by atoms with van der Waals surface area (Å²) in [5, 5.41) is 5.52. The average Bonchev–Trinajstić information content (AvgIpc) is 2.25. The van der Waals surface area contributed by atoms with Gasteiger partial charge < -0.3 is 5.32 Å². The van der Waals surface area contributed by atoms with Crippen LogP contribution in [0.3, 0.4) is 0 Å². The maximum atomic E-state index is 11.7. The first-order valence-corrected chi connectivity index (χ1v) is 6.64. The van der Waals surface area contributed by atoms with Crippen molar-refractivity contribution in [2.75, 3.05) is 5.32 Å². The van der Waals surface area contributed by atoms with E-state index in [1.807, 2.05) is 32.9 Å². The number of amides is 2. The van der Waals surface area contributed by atoms with Crippen LogP contribution in [0.1, 0.15) is 20.8 Å². The fraction of sp³-hybridized carbons (Fsp3) is 0.308. The summed E-state index contributed by atoms with van der Waals surface area (Å²) < 4.78 is 0.851. The van der Waals surface area contributed by atoms with Crippen LogP contribution < -0.4 is 10.6 Å². The van der Waals surface area contributed by atoms with Gasteiger partial charge in [-0.3, -0.25) is 10.3 Å². The van der Waals surface area contributed by atoms with E-state index in [1.54, 1.807) is 12.3 Å². The Hall–Kier alpha value is -1.69. The smallest absolute Gasteiger partial charge is 0.320 e. The Kier molecular flexibility index (Phi) is 3.71. The molecule has 2 amide bonds. The maximum absolute atomic E-state index is 11.7. The van der Waals surface area contributed by atoms with E-state index in [0.717, 1.165) is 15.5 Å². The van der Waals surface area contributed by atoms with Crippen molar-refractivity contribution < 1.29 is 4.79 Å². The topological polar surface area (TPSA) is 66.9 Å². The van der Waals surface area contributed by atoms with Gasteiger partial charge >= 0.3 is 6.03 Å². The van der Waals surface area contributed by atoms with E-state index in [9.17, 15) is 4.79 Å². The molecule has 0 bridgehead atoms. The van der Waals surface area contributed by atoms with Crippen molar-refractivity contribution in [2.45, 2.75) is 26.3 Å². The summed E-state index contributed by atoms with van der Waals surface area (Å²) in [6.07, 6.45) is 1.71. The molecule has 0 spiro atoms. The number of nitrogens with zero attached hydrogens (tertiary/aromatic N) is 2. The highest BCUT2D eigenvalue weighted by Crippen LogP contribution is 2.17. The molecule has 0 unspecified atom stereocenters. The van der Waals surface area contributed by atoms with Crippen LogP contribution in [0.5, 0.6) is 0 Å². The molecule has 0 aliphatic carbocycles. The largest absolute Gasteiger partial charge is 0.333 e. The molecule has 0 radical (unpaired) electrons. The maximum Gasteiger partial charge on any atom is 0.320 e. The molecular weight excluding hydrogens is 308 g/mol. The third-order valence-electron chi connectivity index (χ3n) is 2.23. The molecule has 0 aliphatic heterocycles. The summed E-state index contributed by atoms with van der Waals surface area (Å²) in [6.45, 7) is 5.75. The summed E-state index contributed by atoms with van der Waals surface area (Å²) in [5.74, 6) is 0.495. The molecule has 0 saturated heterocycles. The molecule has 2 aromatic heterocycles. The Morgan fingerprint density at radius 1 is 1.26 bits per heavy atom. The Bertz CT molecular complexity index is 622. The number of carbonyl (C=O) groups excluding carboxylic acids is 1. The van der Waals surface area contributed by atoms with Crippen molar-refractivity contribution >= 4 is 38.8 Å². The number of carbonyl (C=O) groups is 1. The van der Waals surface area contributed by atoms with Crippen LogP contribution in [-0.4, -0.2) is 21.5 Å². The number of pyridine rings is 2. The summed E-state index contributed by atoms with van der Waals surface area (Å²) >= 11 is 3.35. The van der Waals surface area contributed by atoms with Crippen molar-refractivity contribution in [1.82, 2.24) is 15.3 Å². The minimum atomic E-state index is -0.286. The molecule has 100 valence electrons. The van der Waals surface area contributed by atoms with E-state index in [-0.39, 0.29) is 11.6 Å². The van der Waals surface area contributed by atoms with Gasteiger partial charge in [-0.2, -0.15) is 0 Å². The van der Waals surface area contributed by atoms with Crippen LogP contribution in [-0.2, 0) is 0 Å². The quantitative estimate of drug-likeness (QED) is 0.846. The minimum Gasteiger partial charge on any atom is -0.333 e. The van der Waals surface area contributed by atoms with E-state index in [0.29, 0.717) is 5.82 Å². The normalized spacial score (nSPS) is 11.4. The number of aromatic nitrogens is 2. The molecule has 0 aromatic carbocycles. The summed E-state index contributed by atoms with van der Waals surface area (Å²) in [6, 6.07) is 5.13. The molecule has 0 saturated carbocycles. The van der Waals surface area contributed by atoms with Gasteiger partial charge in [-0.05, 0) is 54.9 Å². The zero-order valence-electron chi connectivity index (χ0n) is 11.0. The lowest BCUT2D eigenvalue weighted by Crippen LogP contribution is -2.43. The fourth-order valence-electron chi connectivity index (χ4n) is 1.54. The third kappa shape index (κ3) is 3.89. The Morgan fingerprint density at radius 2 is 2.00 bits per heavy atom. The number of hydrogen-bond donors (Lipinski definition) is 2. The lowest BCUT2D eigenvalue weighted by molar-refractivity contribution is 0.243. The van der Waals surface area contributed by atoms with Crippen molar-refractivity contribution in [3.8, 4) is 0 Å². The highest BCUT2D eigenvalue weighted by atomic mass is 79.9. The monoisotopic (exact) mass is 322 g/mol. The highest BCUT2D eigenvalue weighted by Gasteiger charge is 2.14. The van der Waals surface area contributed by atoms with Gasteiger partial charge in [0.05, 0.1) is 11.0 Å². The lowest BCUT2D eigenvalue weighted by atomic mass is 10.1. The van der Waals surface area contributed by atoms with Gasteiger partial charge in [0.2, 0.25) is 0 Å². The standard InChI is InChI=1S/C13H15BrN4O/c1-13(2,3)18-12(19)17-11-5-4-9-10(16-11)6-8(14)7-15-9/h4-7H,1-3H3,(H2,16,17,18,19). The second kappa shape index (κ2) is 5.13. The molecule has 0 fully saturated rings. The zero-order chi connectivity index (χ0) is 14.0. The summed E-state index contributed by atoms with van der Waals surface area (Å²) in [7, 11) is 0. The lowest BCUT2D eigenvalue weighted by Gasteiger charge is -2.20. The van der Waals surface area contributed by atoms with Crippen molar-refractivity contribution in [1.29, 1.82) is 0 Å². The van der Waals surface area contributed by atoms with E-state index < -0.39 is 0 Å². The first kappa shape index (κ1) is 13.7. The first-order chi connectivity index (χ1) is 8.83. The molecule has 0 atom stereocenters. The number of rotatable bonds is 1. The molecule has 2 heterocycles. The Labute approximate surface area is 120 Å². The van der Waals surface area contributed by atoms with Gasteiger partial charge in [-0.1, -0.05) is 0 Å². The number of fused-ring (bicyclic) bond motifs is 1. The van der Waals surface area contributed by atoms with E-state index in [2.05, 4.69) is 36.5 Å². The Balaban J connectivity index is 2.19. The fourth-order valence-corrected chi connectivity index (χ4v) is 1.86. The number of hydrogen-bond acceptors (Lipinski definition) is 3. The molecule has 2 aromatic rings. The number of urea groups is 1.